The van der Waals surface area contributed by atoms with E-state index in [1.54, 1.807) is 0 Å². The van der Waals surface area contributed by atoms with Crippen molar-refractivity contribution >= 4 is 17.3 Å². The second-order valence-electron chi connectivity index (χ2n) is 8.02. The third-order valence-electron chi connectivity index (χ3n) is 5.25. The van der Waals surface area contributed by atoms with Gasteiger partial charge in [0.05, 0.1) is 18.8 Å². The molecule has 1 N–H and O–H groups in total. The Balaban J connectivity index is 1.51. The number of carbonyl (C=O) groups is 1. The largest absolute Gasteiger partial charge is 0.372 e. The molecule has 0 aromatic heterocycles. The molecule has 1 aliphatic heterocycles. The highest BCUT2D eigenvalue weighted by Crippen LogP contribution is 2.22. The van der Waals surface area contributed by atoms with E-state index in [0.29, 0.717) is 13.1 Å². The molecule has 1 amide bonds. The Labute approximate surface area is 180 Å². The molecule has 1 heterocycles. The third kappa shape index (κ3) is 6.71. The summed E-state index contributed by atoms with van der Waals surface area (Å²) in [6.07, 6.45) is 3.20. The van der Waals surface area contributed by atoms with E-state index >= 15 is 0 Å². The molecule has 2 aromatic rings. The normalized spacial score (nSPS) is 19.0. The van der Waals surface area contributed by atoms with Gasteiger partial charge in [0.2, 0.25) is 5.91 Å². The first-order chi connectivity index (χ1) is 14.5. The highest BCUT2D eigenvalue weighted by Gasteiger charge is 2.22. The number of benzene rings is 2. The predicted octanol–water partition coefficient (Wildman–Crippen LogP) is 3.97. The number of hydrogen-bond donors (Lipinski definition) is 1. The number of nitrogens with zero attached hydrogens (tertiary/aromatic N) is 2. The fourth-order valence-electron chi connectivity index (χ4n) is 3.90. The minimum atomic E-state index is -0.00808. The van der Waals surface area contributed by atoms with E-state index in [2.05, 4.69) is 59.8 Å². The van der Waals surface area contributed by atoms with Gasteiger partial charge in [-0.2, -0.15) is 0 Å². The Morgan fingerprint density at radius 2 is 1.80 bits per heavy atom. The monoisotopic (exact) mass is 407 g/mol. The van der Waals surface area contributed by atoms with Crippen molar-refractivity contribution in [3.05, 3.63) is 72.8 Å². The van der Waals surface area contributed by atoms with Gasteiger partial charge >= 0.3 is 0 Å². The molecular weight excluding hydrogens is 374 g/mol. The molecule has 0 spiro atoms. The van der Waals surface area contributed by atoms with Gasteiger partial charge in [-0.1, -0.05) is 36.4 Å². The summed E-state index contributed by atoms with van der Waals surface area (Å²) in [6.45, 7) is 11.6. The van der Waals surface area contributed by atoms with Crippen LogP contribution in [0, 0.1) is 0 Å². The average Bonchev–Trinajstić information content (AvgIpc) is 2.73. The first-order valence-corrected chi connectivity index (χ1v) is 10.7. The highest BCUT2D eigenvalue weighted by atomic mass is 16.5. The summed E-state index contributed by atoms with van der Waals surface area (Å²) in [5, 5.41) is 3.02. The summed E-state index contributed by atoms with van der Waals surface area (Å²) < 4.78 is 5.81. The third-order valence-corrected chi connectivity index (χ3v) is 5.25. The van der Waals surface area contributed by atoms with Crippen molar-refractivity contribution in [3.63, 3.8) is 0 Å². The van der Waals surface area contributed by atoms with Crippen molar-refractivity contribution in [2.45, 2.75) is 32.5 Å². The molecule has 0 saturated carbocycles. The summed E-state index contributed by atoms with van der Waals surface area (Å²) in [7, 11) is 0. The number of carbonyl (C=O) groups excluding carboxylic acids is 1. The molecule has 2 atom stereocenters. The Hall–Kier alpha value is -2.63. The van der Waals surface area contributed by atoms with E-state index in [0.717, 1.165) is 37.4 Å². The van der Waals surface area contributed by atoms with Crippen molar-refractivity contribution in [3.8, 4) is 0 Å². The lowest BCUT2D eigenvalue weighted by molar-refractivity contribution is -0.117. The number of anilines is 2. The molecule has 5 nitrogen and oxygen atoms in total. The molecule has 3 rings (SSSR count). The van der Waals surface area contributed by atoms with Crippen molar-refractivity contribution in [2.24, 2.45) is 0 Å². The van der Waals surface area contributed by atoms with Crippen LogP contribution in [0.5, 0.6) is 0 Å². The van der Waals surface area contributed by atoms with Gasteiger partial charge in [0.25, 0.3) is 0 Å². The minimum Gasteiger partial charge on any atom is -0.372 e. The standard InChI is InChI=1S/C25H33N3O2/c1-4-15-27(16-14-22-8-6-5-7-9-22)19-25(29)26-23-10-12-24(13-11-23)28-17-20(2)30-21(3)18-28/h4-13,20-21H,1,14-19H2,2-3H3,(H,26,29). The number of ether oxygens (including phenoxy) is 1. The maximum Gasteiger partial charge on any atom is 0.238 e. The van der Waals surface area contributed by atoms with E-state index < -0.39 is 0 Å². The van der Waals surface area contributed by atoms with Crippen molar-refractivity contribution in [2.75, 3.05) is 42.9 Å². The molecule has 0 bridgehead atoms. The van der Waals surface area contributed by atoms with Gasteiger partial charge in [0, 0.05) is 37.6 Å². The SMILES string of the molecule is C=CCN(CCc1ccccc1)CC(=O)Nc1ccc(N2CC(C)OC(C)C2)cc1. The molecule has 1 fully saturated rings. The highest BCUT2D eigenvalue weighted by molar-refractivity contribution is 5.92. The van der Waals surface area contributed by atoms with Crippen LogP contribution in [0.4, 0.5) is 11.4 Å². The molecule has 5 heteroatoms. The smallest absolute Gasteiger partial charge is 0.238 e. The van der Waals surface area contributed by atoms with Crippen LogP contribution in [0.2, 0.25) is 0 Å². The van der Waals surface area contributed by atoms with E-state index in [-0.39, 0.29) is 18.1 Å². The summed E-state index contributed by atoms with van der Waals surface area (Å²) >= 11 is 0. The molecule has 30 heavy (non-hydrogen) atoms. The van der Waals surface area contributed by atoms with E-state index in [4.69, 9.17) is 4.74 Å². The van der Waals surface area contributed by atoms with Crippen LogP contribution in [-0.4, -0.2) is 55.7 Å². The Kier molecular flexibility index (Phi) is 8.05. The molecule has 2 unspecified atom stereocenters. The van der Waals surface area contributed by atoms with Gasteiger partial charge in [-0.25, -0.2) is 0 Å². The number of rotatable bonds is 9. The number of morpholine rings is 1. The maximum absolute atomic E-state index is 12.6. The predicted molar refractivity (Wildman–Crippen MR) is 124 cm³/mol. The van der Waals surface area contributed by atoms with Crippen LogP contribution in [0.3, 0.4) is 0 Å². The zero-order valence-electron chi connectivity index (χ0n) is 18.1. The average molecular weight is 408 g/mol. The van der Waals surface area contributed by atoms with Crippen LogP contribution in [0.25, 0.3) is 0 Å². The lowest BCUT2D eigenvalue weighted by Crippen LogP contribution is -2.45. The molecule has 1 saturated heterocycles. The van der Waals surface area contributed by atoms with Crippen LogP contribution in [0.15, 0.2) is 67.3 Å². The number of hydrogen-bond acceptors (Lipinski definition) is 4. The van der Waals surface area contributed by atoms with Crippen LogP contribution in [-0.2, 0) is 16.0 Å². The van der Waals surface area contributed by atoms with Gasteiger partial charge in [-0.15, -0.1) is 6.58 Å². The zero-order chi connectivity index (χ0) is 21.3. The topological polar surface area (TPSA) is 44.8 Å². The van der Waals surface area contributed by atoms with E-state index in [1.165, 1.54) is 5.56 Å². The maximum atomic E-state index is 12.6. The van der Waals surface area contributed by atoms with Gasteiger partial charge in [0.15, 0.2) is 0 Å². The fourth-order valence-corrected chi connectivity index (χ4v) is 3.90. The Bertz CT molecular complexity index is 797. The summed E-state index contributed by atoms with van der Waals surface area (Å²) in [6, 6.07) is 18.4. The minimum absolute atomic E-state index is 0.00808. The fraction of sp³-hybridized carbons (Fsp3) is 0.400. The van der Waals surface area contributed by atoms with Gasteiger partial charge in [-0.05, 0) is 50.1 Å². The molecule has 0 aliphatic carbocycles. The number of nitrogens with one attached hydrogen (secondary N) is 1. The molecule has 160 valence electrons. The second kappa shape index (κ2) is 11.0. The lowest BCUT2D eigenvalue weighted by Gasteiger charge is -2.36. The second-order valence-corrected chi connectivity index (χ2v) is 8.02. The van der Waals surface area contributed by atoms with Crippen LogP contribution < -0.4 is 10.2 Å². The lowest BCUT2D eigenvalue weighted by atomic mass is 10.1. The van der Waals surface area contributed by atoms with E-state index in [1.807, 2.05) is 36.4 Å². The first-order valence-electron chi connectivity index (χ1n) is 10.7. The Morgan fingerprint density at radius 1 is 1.13 bits per heavy atom. The summed E-state index contributed by atoms with van der Waals surface area (Å²) in [5.41, 5.74) is 3.25. The zero-order valence-corrected chi connectivity index (χ0v) is 18.1. The quantitative estimate of drug-likeness (QED) is 0.639. The van der Waals surface area contributed by atoms with Crippen LogP contribution in [0.1, 0.15) is 19.4 Å². The summed E-state index contributed by atoms with van der Waals surface area (Å²) in [5.74, 6) is -0.00808. The van der Waals surface area contributed by atoms with Crippen LogP contribution >= 0.6 is 0 Å². The first kappa shape index (κ1) is 22.1. The van der Waals surface area contributed by atoms with Gasteiger partial charge in [0.1, 0.15) is 0 Å². The molecular formula is C25H33N3O2. The summed E-state index contributed by atoms with van der Waals surface area (Å²) in [4.78, 5) is 17.0. The van der Waals surface area contributed by atoms with Crippen molar-refractivity contribution in [1.82, 2.24) is 4.90 Å². The van der Waals surface area contributed by atoms with Crippen molar-refractivity contribution < 1.29 is 9.53 Å². The molecule has 1 aliphatic rings. The van der Waals surface area contributed by atoms with Gasteiger partial charge in [-0.3, -0.25) is 9.69 Å². The van der Waals surface area contributed by atoms with Gasteiger partial charge < -0.3 is 15.0 Å². The molecule has 0 radical (unpaired) electrons. The number of amides is 1. The van der Waals surface area contributed by atoms with Crippen molar-refractivity contribution in [1.29, 1.82) is 0 Å². The Morgan fingerprint density at radius 3 is 2.43 bits per heavy atom. The van der Waals surface area contributed by atoms with E-state index in [9.17, 15) is 4.79 Å². The molecule has 2 aromatic carbocycles.